The molecule has 0 radical (unpaired) electrons. The number of nitrogen functional groups attached to an aromatic ring is 1. The Balaban J connectivity index is 2.02. The summed E-state index contributed by atoms with van der Waals surface area (Å²) in [7, 11) is 0. The van der Waals surface area contributed by atoms with Gasteiger partial charge in [0.1, 0.15) is 23.7 Å². The van der Waals surface area contributed by atoms with Crippen LogP contribution in [0.25, 0.3) is 0 Å². The molecule has 0 aromatic carbocycles. The first kappa shape index (κ1) is 10.4. The molecule has 2 heterocycles. The van der Waals surface area contributed by atoms with E-state index >= 15 is 0 Å². The zero-order valence-corrected chi connectivity index (χ0v) is 9.19. The highest BCUT2D eigenvalue weighted by Crippen LogP contribution is 2.11. The molecule has 0 atom stereocenters. The maximum absolute atomic E-state index is 5.53. The molecule has 2 aromatic heterocycles. The van der Waals surface area contributed by atoms with Crippen molar-refractivity contribution in [2.75, 3.05) is 11.1 Å². The third kappa shape index (κ3) is 2.28. The maximum atomic E-state index is 5.53. The van der Waals surface area contributed by atoms with Gasteiger partial charge in [-0.05, 0) is 13.8 Å². The number of nitrogens with two attached hydrogens (primary N) is 1. The van der Waals surface area contributed by atoms with E-state index in [1.807, 2.05) is 13.8 Å². The van der Waals surface area contributed by atoms with Gasteiger partial charge in [-0.3, -0.25) is 0 Å². The Morgan fingerprint density at radius 3 is 2.81 bits per heavy atom. The maximum Gasteiger partial charge on any atom is 0.213 e. The molecule has 0 spiro atoms. The average molecular weight is 219 g/mol. The highest BCUT2D eigenvalue weighted by molar-refractivity contribution is 5.43. The second kappa shape index (κ2) is 4.18. The second-order valence-corrected chi connectivity index (χ2v) is 3.43. The van der Waals surface area contributed by atoms with Crippen molar-refractivity contribution in [1.82, 2.24) is 15.0 Å². The smallest absolute Gasteiger partial charge is 0.213 e. The molecule has 0 bridgehead atoms. The van der Waals surface area contributed by atoms with E-state index in [9.17, 15) is 0 Å². The summed E-state index contributed by atoms with van der Waals surface area (Å²) in [6.07, 6.45) is 1.41. The van der Waals surface area contributed by atoms with Crippen molar-refractivity contribution in [2.45, 2.75) is 20.4 Å². The van der Waals surface area contributed by atoms with Crippen LogP contribution in [0.3, 0.4) is 0 Å². The Hall–Kier alpha value is -2.11. The summed E-state index contributed by atoms with van der Waals surface area (Å²) in [6.45, 7) is 4.27. The van der Waals surface area contributed by atoms with Crippen molar-refractivity contribution in [2.24, 2.45) is 0 Å². The molecule has 0 aliphatic heterocycles. The lowest BCUT2D eigenvalue weighted by Gasteiger charge is -2.02. The van der Waals surface area contributed by atoms with E-state index in [0.717, 1.165) is 11.5 Å². The van der Waals surface area contributed by atoms with Crippen molar-refractivity contribution in [3.63, 3.8) is 0 Å². The molecule has 0 saturated carbocycles. The van der Waals surface area contributed by atoms with E-state index in [0.29, 0.717) is 24.1 Å². The minimum absolute atomic E-state index is 0.428. The number of oxazole rings is 1. The molecule has 0 aliphatic rings. The molecule has 2 rings (SSSR count). The molecular weight excluding hydrogens is 206 g/mol. The molecule has 0 saturated heterocycles. The van der Waals surface area contributed by atoms with Gasteiger partial charge in [-0.2, -0.15) is 0 Å². The van der Waals surface area contributed by atoms with E-state index in [4.69, 9.17) is 10.2 Å². The van der Waals surface area contributed by atoms with Crippen LogP contribution >= 0.6 is 0 Å². The molecule has 0 unspecified atom stereocenters. The van der Waals surface area contributed by atoms with Crippen LogP contribution in [0.5, 0.6) is 0 Å². The Bertz CT molecular complexity index is 474. The second-order valence-electron chi connectivity index (χ2n) is 3.43. The summed E-state index contributed by atoms with van der Waals surface area (Å²) in [5, 5.41) is 3.05. The van der Waals surface area contributed by atoms with Gasteiger partial charge in [0.15, 0.2) is 0 Å². The van der Waals surface area contributed by atoms with Gasteiger partial charge in [-0.1, -0.05) is 0 Å². The van der Waals surface area contributed by atoms with E-state index in [2.05, 4.69) is 20.3 Å². The highest BCUT2D eigenvalue weighted by Gasteiger charge is 2.05. The third-order valence-electron chi connectivity index (χ3n) is 2.18. The van der Waals surface area contributed by atoms with Crippen molar-refractivity contribution in [3.8, 4) is 0 Å². The lowest BCUT2D eigenvalue weighted by Crippen LogP contribution is -2.03. The molecular formula is C10H13N5O. The summed E-state index contributed by atoms with van der Waals surface area (Å²) in [6, 6.07) is 1.66. The summed E-state index contributed by atoms with van der Waals surface area (Å²) >= 11 is 0. The number of nitrogens with one attached hydrogen (secondary N) is 1. The minimum atomic E-state index is 0.428. The van der Waals surface area contributed by atoms with Gasteiger partial charge in [0.05, 0.1) is 12.2 Å². The van der Waals surface area contributed by atoms with Crippen LogP contribution in [0, 0.1) is 13.8 Å². The van der Waals surface area contributed by atoms with Crippen LogP contribution in [-0.4, -0.2) is 15.0 Å². The summed E-state index contributed by atoms with van der Waals surface area (Å²) in [5.41, 5.74) is 6.43. The average Bonchev–Trinajstić information content (AvgIpc) is 2.56. The predicted octanol–water partition coefficient (Wildman–Crippen LogP) is 1.28. The number of hydrogen-bond acceptors (Lipinski definition) is 6. The molecule has 0 fully saturated rings. The van der Waals surface area contributed by atoms with Gasteiger partial charge < -0.3 is 15.5 Å². The molecule has 6 nitrogen and oxygen atoms in total. The van der Waals surface area contributed by atoms with E-state index in [1.165, 1.54) is 6.33 Å². The van der Waals surface area contributed by atoms with Crippen molar-refractivity contribution >= 4 is 11.6 Å². The van der Waals surface area contributed by atoms with Crippen LogP contribution in [0.15, 0.2) is 16.8 Å². The lowest BCUT2D eigenvalue weighted by atomic mass is 10.4. The van der Waals surface area contributed by atoms with Gasteiger partial charge in [0.25, 0.3) is 0 Å². The SMILES string of the molecule is Cc1nc(CNc2cc(N)ncn2)oc1C. The van der Waals surface area contributed by atoms with Gasteiger partial charge in [-0.25, -0.2) is 15.0 Å². The molecule has 0 aliphatic carbocycles. The van der Waals surface area contributed by atoms with Gasteiger partial charge in [0, 0.05) is 6.07 Å². The summed E-state index contributed by atoms with van der Waals surface area (Å²) in [4.78, 5) is 12.1. The van der Waals surface area contributed by atoms with Gasteiger partial charge >= 0.3 is 0 Å². The Morgan fingerprint density at radius 1 is 1.38 bits per heavy atom. The fraction of sp³-hybridized carbons (Fsp3) is 0.300. The van der Waals surface area contributed by atoms with Crippen molar-refractivity contribution in [1.29, 1.82) is 0 Å². The predicted molar refractivity (Wildman–Crippen MR) is 59.7 cm³/mol. The fourth-order valence-corrected chi connectivity index (χ4v) is 1.25. The minimum Gasteiger partial charge on any atom is -0.444 e. The van der Waals surface area contributed by atoms with E-state index in [1.54, 1.807) is 6.07 Å². The quantitative estimate of drug-likeness (QED) is 0.808. The molecule has 2 aromatic rings. The van der Waals surface area contributed by atoms with Crippen LogP contribution in [-0.2, 0) is 6.54 Å². The van der Waals surface area contributed by atoms with Crippen LogP contribution in [0.1, 0.15) is 17.3 Å². The largest absolute Gasteiger partial charge is 0.444 e. The molecule has 84 valence electrons. The zero-order chi connectivity index (χ0) is 11.5. The van der Waals surface area contributed by atoms with Gasteiger partial charge in [-0.15, -0.1) is 0 Å². The summed E-state index contributed by atoms with van der Waals surface area (Å²) < 4.78 is 5.42. The topological polar surface area (TPSA) is 89.9 Å². The lowest BCUT2D eigenvalue weighted by molar-refractivity contribution is 0.478. The number of rotatable bonds is 3. The Labute approximate surface area is 92.9 Å². The van der Waals surface area contributed by atoms with Crippen LogP contribution < -0.4 is 11.1 Å². The van der Waals surface area contributed by atoms with E-state index in [-0.39, 0.29) is 0 Å². The van der Waals surface area contributed by atoms with Gasteiger partial charge in [0.2, 0.25) is 5.89 Å². The molecule has 0 amide bonds. The highest BCUT2D eigenvalue weighted by atomic mass is 16.4. The third-order valence-corrected chi connectivity index (χ3v) is 2.18. The Morgan fingerprint density at radius 2 is 2.19 bits per heavy atom. The first-order valence-corrected chi connectivity index (χ1v) is 4.89. The first-order chi connectivity index (χ1) is 7.65. The Kier molecular flexibility index (Phi) is 2.72. The first-order valence-electron chi connectivity index (χ1n) is 4.89. The van der Waals surface area contributed by atoms with Crippen LogP contribution in [0.4, 0.5) is 11.6 Å². The summed E-state index contributed by atoms with van der Waals surface area (Å²) in [5.74, 6) is 2.55. The standard InChI is InChI=1S/C10H13N5O/c1-6-7(2)16-10(15-6)4-12-9-3-8(11)13-5-14-9/h3,5H,4H2,1-2H3,(H3,11,12,13,14). The fourth-order valence-electron chi connectivity index (χ4n) is 1.25. The number of hydrogen-bond donors (Lipinski definition) is 2. The normalized spacial score (nSPS) is 10.4. The van der Waals surface area contributed by atoms with Crippen LogP contribution in [0.2, 0.25) is 0 Å². The molecule has 16 heavy (non-hydrogen) atoms. The number of nitrogens with zero attached hydrogens (tertiary/aromatic N) is 3. The number of aryl methyl sites for hydroxylation is 2. The zero-order valence-electron chi connectivity index (χ0n) is 9.19. The molecule has 3 N–H and O–H groups in total. The monoisotopic (exact) mass is 219 g/mol. The number of aromatic nitrogens is 3. The van der Waals surface area contributed by atoms with Crippen molar-refractivity contribution in [3.05, 3.63) is 29.7 Å². The molecule has 6 heteroatoms. The number of anilines is 2. The van der Waals surface area contributed by atoms with E-state index < -0.39 is 0 Å². The van der Waals surface area contributed by atoms with Crippen molar-refractivity contribution < 1.29 is 4.42 Å².